The lowest BCUT2D eigenvalue weighted by molar-refractivity contribution is 0.281. The minimum Gasteiger partial charge on any atom is -0.501 e. The van der Waals surface area contributed by atoms with Crippen LogP contribution in [0.2, 0.25) is 0 Å². The Balaban J connectivity index is 2.11. The van der Waals surface area contributed by atoms with Crippen molar-refractivity contribution in [3.63, 3.8) is 0 Å². The highest BCUT2D eigenvalue weighted by atomic mass is 16.5. The summed E-state index contributed by atoms with van der Waals surface area (Å²) in [6.07, 6.45) is 8.26. The van der Waals surface area contributed by atoms with E-state index in [4.69, 9.17) is 4.74 Å². The fourth-order valence-electron chi connectivity index (χ4n) is 2.62. The summed E-state index contributed by atoms with van der Waals surface area (Å²) in [4.78, 5) is 0. The van der Waals surface area contributed by atoms with E-state index in [-0.39, 0.29) is 0 Å². The van der Waals surface area contributed by atoms with Crippen LogP contribution >= 0.6 is 0 Å². The molecule has 2 nitrogen and oxygen atoms in total. The zero-order valence-electron chi connectivity index (χ0n) is 8.44. The van der Waals surface area contributed by atoms with Crippen LogP contribution in [0.4, 0.5) is 0 Å². The third-order valence-electron chi connectivity index (χ3n) is 3.25. The second-order valence-electron chi connectivity index (χ2n) is 4.13. The molecule has 0 amide bonds. The third kappa shape index (κ3) is 1.60. The first-order chi connectivity index (χ1) is 6.37. The Morgan fingerprint density at radius 3 is 3.08 bits per heavy atom. The van der Waals surface area contributed by atoms with Gasteiger partial charge in [-0.2, -0.15) is 0 Å². The minimum absolute atomic E-state index is 0.311. The molecule has 0 spiro atoms. The van der Waals surface area contributed by atoms with Crippen molar-refractivity contribution in [2.45, 2.75) is 44.6 Å². The van der Waals surface area contributed by atoms with Gasteiger partial charge in [0.05, 0.1) is 12.9 Å². The highest BCUT2D eigenvalue weighted by Crippen LogP contribution is 2.35. The van der Waals surface area contributed by atoms with E-state index >= 15 is 0 Å². The van der Waals surface area contributed by atoms with E-state index in [0.717, 1.165) is 13.0 Å². The zero-order valence-corrected chi connectivity index (χ0v) is 8.44. The van der Waals surface area contributed by atoms with E-state index in [1.165, 1.54) is 37.8 Å². The fourth-order valence-corrected chi connectivity index (χ4v) is 2.62. The molecule has 2 aliphatic rings. The smallest absolute Gasteiger partial charge is 0.0912 e. The van der Waals surface area contributed by atoms with Crippen molar-refractivity contribution in [3.8, 4) is 0 Å². The second-order valence-corrected chi connectivity index (χ2v) is 4.13. The molecule has 1 saturated heterocycles. The summed E-state index contributed by atoms with van der Waals surface area (Å²) in [7, 11) is 0. The first-order valence-electron chi connectivity index (χ1n) is 5.43. The monoisotopic (exact) mass is 181 g/mol. The van der Waals surface area contributed by atoms with Gasteiger partial charge in [0.2, 0.25) is 0 Å². The summed E-state index contributed by atoms with van der Waals surface area (Å²) < 4.78 is 5.34. The molecule has 0 bridgehead atoms. The molecule has 2 heterocycles. The number of rotatable bonds is 3. The molecule has 2 rings (SSSR count). The standard InChI is InChI=1S/C11H19NO/c1-2-5-11(6-3-7-12-11)10-4-8-13-9-10/h9,12H,2-8H2,1H3. The van der Waals surface area contributed by atoms with Crippen molar-refractivity contribution in [3.05, 3.63) is 11.8 Å². The first kappa shape index (κ1) is 9.07. The largest absolute Gasteiger partial charge is 0.501 e. The van der Waals surface area contributed by atoms with Gasteiger partial charge in [0.15, 0.2) is 0 Å². The summed E-state index contributed by atoms with van der Waals surface area (Å²) in [6.45, 7) is 4.33. The SMILES string of the molecule is CCCC1(C2=COCC2)CCCN1. The normalized spacial score (nSPS) is 33.2. The summed E-state index contributed by atoms with van der Waals surface area (Å²) >= 11 is 0. The minimum atomic E-state index is 0.311. The van der Waals surface area contributed by atoms with Gasteiger partial charge in [-0.3, -0.25) is 0 Å². The lowest BCUT2D eigenvalue weighted by Gasteiger charge is -2.30. The Morgan fingerprint density at radius 2 is 2.54 bits per heavy atom. The number of ether oxygens (including phenoxy) is 1. The summed E-state index contributed by atoms with van der Waals surface area (Å²) in [5.74, 6) is 0. The number of hydrogen-bond acceptors (Lipinski definition) is 2. The molecule has 13 heavy (non-hydrogen) atoms. The van der Waals surface area contributed by atoms with Gasteiger partial charge in [0, 0.05) is 12.0 Å². The molecule has 1 atom stereocenters. The average molecular weight is 181 g/mol. The summed E-state index contributed by atoms with van der Waals surface area (Å²) in [5.41, 5.74) is 1.82. The maximum absolute atomic E-state index is 5.34. The molecule has 0 aromatic heterocycles. The Morgan fingerprint density at radius 1 is 1.62 bits per heavy atom. The predicted octanol–water partition coefficient (Wildman–Crippen LogP) is 2.21. The van der Waals surface area contributed by atoms with Crippen molar-refractivity contribution in [1.82, 2.24) is 5.32 Å². The quantitative estimate of drug-likeness (QED) is 0.720. The molecule has 1 unspecified atom stereocenters. The predicted molar refractivity (Wildman–Crippen MR) is 53.5 cm³/mol. The zero-order chi connectivity index (χ0) is 9.15. The Hall–Kier alpha value is -0.500. The highest BCUT2D eigenvalue weighted by molar-refractivity contribution is 5.22. The van der Waals surface area contributed by atoms with E-state index in [9.17, 15) is 0 Å². The molecule has 0 saturated carbocycles. The van der Waals surface area contributed by atoms with Crippen molar-refractivity contribution in [2.75, 3.05) is 13.2 Å². The topological polar surface area (TPSA) is 21.3 Å². The maximum atomic E-state index is 5.34. The van der Waals surface area contributed by atoms with E-state index in [0.29, 0.717) is 5.54 Å². The number of hydrogen-bond donors (Lipinski definition) is 1. The molecule has 0 aromatic rings. The Labute approximate surface area is 80.4 Å². The van der Waals surface area contributed by atoms with Gasteiger partial charge >= 0.3 is 0 Å². The number of nitrogens with one attached hydrogen (secondary N) is 1. The van der Waals surface area contributed by atoms with Gasteiger partial charge < -0.3 is 10.1 Å². The van der Waals surface area contributed by atoms with Crippen LogP contribution in [-0.2, 0) is 4.74 Å². The van der Waals surface area contributed by atoms with Gasteiger partial charge in [-0.25, -0.2) is 0 Å². The third-order valence-corrected chi connectivity index (χ3v) is 3.25. The molecule has 0 aromatic carbocycles. The van der Waals surface area contributed by atoms with Gasteiger partial charge in [0.25, 0.3) is 0 Å². The Kier molecular flexibility index (Phi) is 2.58. The molecule has 0 aliphatic carbocycles. The van der Waals surface area contributed by atoms with Gasteiger partial charge in [-0.15, -0.1) is 0 Å². The fraction of sp³-hybridized carbons (Fsp3) is 0.818. The van der Waals surface area contributed by atoms with E-state index in [1.54, 1.807) is 0 Å². The van der Waals surface area contributed by atoms with Crippen LogP contribution < -0.4 is 5.32 Å². The average Bonchev–Trinajstić information content (AvgIpc) is 2.73. The Bertz CT molecular complexity index is 204. The van der Waals surface area contributed by atoms with E-state index in [1.807, 2.05) is 6.26 Å². The molecular weight excluding hydrogens is 162 g/mol. The van der Waals surface area contributed by atoms with Crippen molar-refractivity contribution >= 4 is 0 Å². The van der Waals surface area contributed by atoms with Crippen molar-refractivity contribution in [1.29, 1.82) is 0 Å². The molecule has 0 radical (unpaired) electrons. The lowest BCUT2D eigenvalue weighted by Crippen LogP contribution is -2.41. The van der Waals surface area contributed by atoms with Gasteiger partial charge in [-0.1, -0.05) is 13.3 Å². The second kappa shape index (κ2) is 3.70. The molecular formula is C11H19NO. The van der Waals surface area contributed by atoms with Crippen LogP contribution in [0.15, 0.2) is 11.8 Å². The summed E-state index contributed by atoms with van der Waals surface area (Å²) in [5, 5.41) is 3.66. The van der Waals surface area contributed by atoms with Crippen molar-refractivity contribution in [2.24, 2.45) is 0 Å². The van der Waals surface area contributed by atoms with Gasteiger partial charge in [0.1, 0.15) is 0 Å². The van der Waals surface area contributed by atoms with Crippen LogP contribution in [0.5, 0.6) is 0 Å². The van der Waals surface area contributed by atoms with E-state index in [2.05, 4.69) is 12.2 Å². The maximum Gasteiger partial charge on any atom is 0.0912 e. The molecule has 1 fully saturated rings. The van der Waals surface area contributed by atoms with Crippen LogP contribution in [0.25, 0.3) is 0 Å². The highest BCUT2D eigenvalue weighted by Gasteiger charge is 2.37. The van der Waals surface area contributed by atoms with E-state index < -0.39 is 0 Å². The summed E-state index contributed by atoms with van der Waals surface area (Å²) in [6, 6.07) is 0. The molecule has 74 valence electrons. The molecule has 1 N–H and O–H groups in total. The molecule has 2 heteroatoms. The van der Waals surface area contributed by atoms with Crippen LogP contribution in [0, 0.1) is 0 Å². The van der Waals surface area contributed by atoms with Crippen molar-refractivity contribution < 1.29 is 4.74 Å². The molecule has 2 aliphatic heterocycles. The van der Waals surface area contributed by atoms with Gasteiger partial charge in [-0.05, 0) is 31.4 Å². The van der Waals surface area contributed by atoms with Crippen LogP contribution in [0.3, 0.4) is 0 Å². The van der Waals surface area contributed by atoms with Crippen LogP contribution in [-0.4, -0.2) is 18.7 Å². The lowest BCUT2D eigenvalue weighted by atomic mass is 9.83. The first-order valence-corrected chi connectivity index (χ1v) is 5.43. The van der Waals surface area contributed by atoms with Crippen LogP contribution in [0.1, 0.15) is 39.0 Å².